The first-order chi connectivity index (χ1) is 8.70. The average Bonchev–Trinajstić information content (AvgIpc) is 2.77. The molecule has 96 valence electrons. The minimum absolute atomic E-state index is 0.390. The lowest BCUT2D eigenvalue weighted by Crippen LogP contribution is -2.11. The van der Waals surface area contributed by atoms with Crippen LogP contribution in [0.25, 0.3) is 0 Å². The lowest BCUT2D eigenvalue weighted by atomic mass is 10.3. The Hall–Kier alpha value is -1.88. The minimum Gasteiger partial charge on any atom is -0.490 e. The molecule has 5 heteroatoms. The third kappa shape index (κ3) is 2.87. The van der Waals surface area contributed by atoms with Gasteiger partial charge < -0.3 is 15.0 Å². The summed E-state index contributed by atoms with van der Waals surface area (Å²) in [7, 11) is 0. The number of nitrogens with two attached hydrogens (primary N) is 1. The third-order valence-corrected chi connectivity index (χ3v) is 2.78. The first-order valence-electron chi connectivity index (χ1n) is 5.98. The normalized spacial score (nSPS) is 10.6. The van der Waals surface area contributed by atoms with Crippen molar-refractivity contribution in [2.24, 2.45) is 5.73 Å². The summed E-state index contributed by atoms with van der Waals surface area (Å²) in [5.41, 5.74) is 7.41. The fourth-order valence-electron chi connectivity index (χ4n) is 1.77. The molecule has 5 nitrogen and oxygen atoms in total. The van der Waals surface area contributed by atoms with Crippen LogP contribution in [0, 0.1) is 13.8 Å². The van der Waals surface area contributed by atoms with E-state index in [1.165, 1.54) is 0 Å². The number of imidazole rings is 1. The van der Waals surface area contributed by atoms with Gasteiger partial charge in [0.15, 0.2) is 0 Å². The maximum Gasteiger partial charge on any atom is 0.142 e. The van der Waals surface area contributed by atoms with Crippen LogP contribution in [0.2, 0.25) is 0 Å². The number of ether oxygens (including phenoxy) is 1. The summed E-state index contributed by atoms with van der Waals surface area (Å²) in [5, 5.41) is 0. The van der Waals surface area contributed by atoms with E-state index >= 15 is 0 Å². The number of aryl methyl sites for hydroxylation is 2. The molecule has 18 heavy (non-hydrogen) atoms. The van der Waals surface area contributed by atoms with Gasteiger partial charge in [0.05, 0.1) is 12.2 Å². The molecule has 0 aromatic carbocycles. The molecule has 2 aromatic heterocycles. The van der Waals surface area contributed by atoms with Crippen molar-refractivity contribution in [3.8, 4) is 5.75 Å². The first kappa shape index (κ1) is 12.6. The van der Waals surface area contributed by atoms with Crippen LogP contribution in [-0.4, -0.2) is 21.1 Å². The zero-order valence-electron chi connectivity index (χ0n) is 10.8. The van der Waals surface area contributed by atoms with Crippen molar-refractivity contribution in [1.82, 2.24) is 14.5 Å². The zero-order chi connectivity index (χ0) is 13.0. The fourth-order valence-corrected chi connectivity index (χ4v) is 1.77. The summed E-state index contributed by atoms with van der Waals surface area (Å²) in [6.45, 7) is 5.65. The SMILES string of the molecule is Cc1ccc(OCCn2ccnc2C)c(CN)n1. The van der Waals surface area contributed by atoms with E-state index in [1.807, 2.05) is 36.7 Å². The van der Waals surface area contributed by atoms with Crippen LogP contribution in [0.15, 0.2) is 24.5 Å². The summed E-state index contributed by atoms with van der Waals surface area (Å²) in [6.07, 6.45) is 3.73. The second kappa shape index (κ2) is 5.64. The number of aromatic nitrogens is 3. The van der Waals surface area contributed by atoms with Crippen LogP contribution in [0.1, 0.15) is 17.2 Å². The summed E-state index contributed by atoms with van der Waals surface area (Å²) in [6, 6.07) is 3.85. The molecule has 0 aliphatic heterocycles. The summed E-state index contributed by atoms with van der Waals surface area (Å²) >= 11 is 0. The number of hydrogen-bond acceptors (Lipinski definition) is 4. The van der Waals surface area contributed by atoms with Crippen LogP contribution in [0.5, 0.6) is 5.75 Å². The van der Waals surface area contributed by atoms with Crippen LogP contribution in [-0.2, 0) is 13.1 Å². The Morgan fingerprint density at radius 1 is 1.33 bits per heavy atom. The van der Waals surface area contributed by atoms with Gasteiger partial charge in [0.2, 0.25) is 0 Å². The molecule has 0 saturated heterocycles. The molecule has 0 unspecified atom stereocenters. The predicted octanol–water partition coefficient (Wildman–Crippen LogP) is 1.43. The standard InChI is InChI=1S/C13H18N4O/c1-10-3-4-13(12(9-14)16-10)18-8-7-17-6-5-15-11(17)2/h3-6H,7-9,14H2,1-2H3. The maximum absolute atomic E-state index is 5.72. The topological polar surface area (TPSA) is 66.0 Å². The smallest absolute Gasteiger partial charge is 0.142 e. The zero-order valence-corrected chi connectivity index (χ0v) is 10.8. The fraction of sp³-hybridized carbons (Fsp3) is 0.385. The van der Waals surface area contributed by atoms with Crippen molar-refractivity contribution in [2.75, 3.05) is 6.61 Å². The molecule has 0 aliphatic carbocycles. The molecule has 0 saturated carbocycles. The summed E-state index contributed by atoms with van der Waals surface area (Å²) in [4.78, 5) is 8.52. The van der Waals surface area contributed by atoms with Gasteiger partial charge >= 0.3 is 0 Å². The van der Waals surface area contributed by atoms with E-state index in [-0.39, 0.29) is 0 Å². The second-order valence-corrected chi connectivity index (χ2v) is 4.12. The van der Waals surface area contributed by atoms with E-state index in [1.54, 1.807) is 6.20 Å². The molecule has 0 bridgehead atoms. The number of pyridine rings is 1. The lowest BCUT2D eigenvalue weighted by molar-refractivity contribution is 0.292. The highest BCUT2D eigenvalue weighted by Gasteiger charge is 2.04. The Balaban J connectivity index is 1.96. The van der Waals surface area contributed by atoms with E-state index in [9.17, 15) is 0 Å². The van der Waals surface area contributed by atoms with Gasteiger partial charge in [-0.2, -0.15) is 0 Å². The minimum atomic E-state index is 0.390. The van der Waals surface area contributed by atoms with Crippen LogP contribution < -0.4 is 10.5 Å². The van der Waals surface area contributed by atoms with E-state index in [4.69, 9.17) is 10.5 Å². The number of hydrogen-bond donors (Lipinski definition) is 1. The summed E-state index contributed by atoms with van der Waals surface area (Å²) in [5.74, 6) is 1.75. The molecule has 2 aromatic rings. The van der Waals surface area contributed by atoms with Gasteiger partial charge in [-0.1, -0.05) is 0 Å². The predicted molar refractivity (Wildman–Crippen MR) is 69.3 cm³/mol. The van der Waals surface area contributed by atoms with Crippen LogP contribution >= 0.6 is 0 Å². The molecule has 0 radical (unpaired) electrons. The Bertz CT molecular complexity index is 521. The molecule has 0 spiro atoms. The number of rotatable bonds is 5. The maximum atomic E-state index is 5.72. The molecule has 2 rings (SSSR count). The Morgan fingerprint density at radius 3 is 2.83 bits per heavy atom. The molecule has 2 N–H and O–H groups in total. The van der Waals surface area contributed by atoms with Crippen LogP contribution in [0.3, 0.4) is 0 Å². The van der Waals surface area contributed by atoms with Gasteiger partial charge in [-0.25, -0.2) is 4.98 Å². The van der Waals surface area contributed by atoms with E-state index in [0.717, 1.165) is 29.5 Å². The summed E-state index contributed by atoms with van der Waals surface area (Å²) < 4.78 is 7.77. The van der Waals surface area contributed by atoms with Crippen molar-refractivity contribution in [3.63, 3.8) is 0 Å². The Labute approximate surface area is 107 Å². The Kier molecular flexibility index (Phi) is 3.94. The molecule has 2 heterocycles. The lowest BCUT2D eigenvalue weighted by Gasteiger charge is -2.11. The molecule has 0 atom stereocenters. The highest BCUT2D eigenvalue weighted by Crippen LogP contribution is 2.16. The molecular weight excluding hydrogens is 228 g/mol. The van der Waals surface area contributed by atoms with Crippen molar-refractivity contribution in [3.05, 3.63) is 41.7 Å². The van der Waals surface area contributed by atoms with Gasteiger partial charge in [0, 0.05) is 24.6 Å². The molecule has 0 fully saturated rings. The van der Waals surface area contributed by atoms with E-state index in [2.05, 4.69) is 9.97 Å². The molecule has 0 aliphatic rings. The second-order valence-electron chi connectivity index (χ2n) is 4.12. The van der Waals surface area contributed by atoms with Crippen molar-refractivity contribution < 1.29 is 4.74 Å². The average molecular weight is 246 g/mol. The molecular formula is C13H18N4O. The van der Waals surface area contributed by atoms with Gasteiger partial charge in [-0.3, -0.25) is 4.98 Å². The van der Waals surface area contributed by atoms with E-state index in [0.29, 0.717) is 13.2 Å². The van der Waals surface area contributed by atoms with E-state index < -0.39 is 0 Å². The van der Waals surface area contributed by atoms with Gasteiger partial charge in [-0.15, -0.1) is 0 Å². The largest absolute Gasteiger partial charge is 0.490 e. The van der Waals surface area contributed by atoms with Gasteiger partial charge in [0.1, 0.15) is 18.2 Å². The molecule has 0 amide bonds. The van der Waals surface area contributed by atoms with Gasteiger partial charge in [0.25, 0.3) is 0 Å². The van der Waals surface area contributed by atoms with Crippen molar-refractivity contribution in [2.45, 2.75) is 26.9 Å². The van der Waals surface area contributed by atoms with Crippen LogP contribution in [0.4, 0.5) is 0 Å². The third-order valence-electron chi connectivity index (χ3n) is 2.78. The quantitative estimate of drug-likeness (QED) is 0.866. The highest BCUT2D eigenvalue weighted by atomic mass is 16.5. The highest BCUT2D eigenvalue weighted by molar-refractivity contribution is 5.29. The Morgan fingerprint density at radius 2 is 2.17 bits per heavy atom. The van der Waals surface area contributed by atoms with Crippen molar-refractivity contribution in [1.29, 1.82) is 0 Å². The van der Waals surface area contributed by atoms with Crippen molar-refractivity contribution >= 4 is 0 Å². The monoisotopic (exact) mass is 246 g/mol. The van der Waals surface area contributed by atoms with Gasteiger partial charge in [-0.05, 0) is 26.0 Å². The first-order valence-corrected chi connectivity index (χ1v) is 5.98. The number of nitrogens with zero attached hydrogens (tertiary/aromatic N) is 3.